The highest BCUT2D eigenvalue weighted by atomic mass is 16.3. The summed E-state index contributed by atoms with van der Waals surface area (Å²) in [7, 11) is 1.62. The van der Waals surface area contributed by atoms with Crippen molar-refractivity contribution >= 4 is 70.2 Å². The predicted octanol–water partition coefficient (Wildman–Crippen LogP) is 4.13. The van der Waals surface area contributed by atoms with E-state index in [9.17, 15) is 38.7 Å². The van der Waals surface area contributed by atoms with E-state index in [1.165, 1.54) is 21.9 Å². The number of aliphatic hydroxyl groups excluding tert-OH is 1. The number of hydrogen-bond acceptors (Lipinski definition) is 14. The van der Waals surface area contributed by atoms with Gasteiger partial charge >= 0.3 is 0 Å². The molecule has 6 amide bonds. The van der Waals surface area contributed by atoms with Gasteiger partial charge in [0, 0.05) is 123 Å². The Balaban J connectivity index is 0.787. The Morgan fingerprint density at radius 2 is 1.70 bits per heavy atom. The number of piperazine rings is 1. The van der Waals surface area contributed by atoms with Crippen molar-refractivity contribution in [1.82, 2.24) is 34.2 Å². The van der Waals surface area contributed by atoms with Gasteiger partial charge in [-0.1, -0.05) is 19.9 Å². The van der Waals surface area contributed by atoms with Crippen LogP contribution in [-0.2, 0) is 47.4 Å². The van der Waals surface area contributed by atoms with Crippen molar-refractivity contribution in [2.75, 3.05) is 52.7 Å². The van der Waals surface area contributed by atoms with Crippen molar-refractivity contribution in [2.45, 2.75) is 104 Å². The molecule has 3 aromatic heterocycles. The number of nitrogens with zero attached hydrogens (tertiary/aromatic N) is 9. The van der Waals surface area contributed by atoms with Crippen LogP contribution in [0.2, 0.25) is 0 Å². The first kappa shape index (κ1) is 50.2. The predicted molar refractivity (Wildman–Crippen MR) is 285 cm³/mol. The van der Waals surface area contributed by atoms with Gasteiger partial charge in [0.05, 0.1) is 29.1 Å². The fourth-order valence-electron chi connectivity index (χ4n) is 12.6. The molecule has 11 rings (SSSR count). The zero-order valence-corrected chi connectivity index (χ0v) is 43.3. The summed E-state index contributed by atoms with van der Waals surface area (Å²) >= 11 is 0. The quantitative estimate of drug-likeness (QED) is 0.108. The molecule has 0 bridgehead atoms. The minimum Gasteiger partial charge on any atom is -0.392 e. The summed E-state index contributed by atoms with van der Waals surface area (Å²) in [5.41, 5.74) is 13.1. The van der Waals surface area contributed by atoms with Gasteiger partial charge in [0.25, 0.3) is 23.3 Å². The van der Waals surface area contributed by atoms with E-state index in [4.69, 9.17) is 10.7 Å². The van der Waals surface area contributed by atoms with Gasteiger partial charge in [-0.2, -0.15) is 0 Å². The van der Waals surface area contributed by atoms with Crippen LogP contribution in [0.15, 0.2) is 71.8 Å². The molecular weight excluding hydrogens is 969 g/mol. The molecule has 5 N–H and O–H groups in total. The summed E-state index contributed by atoms with van der Waals surface area (Å²) in [4.78, 5) is 111. The highest BCUT2D eigenvalue weighted by molar-refractivity contribution is 6.25. The van der Waals surface area contributed by atoms with Gasteiger partial charge in [-0.25, -0.2) is 9.97 Å². The second-order valence-corrected chi connectivity index (χ2v) is 21.9. The standard InChI is InChI=1S/C56H62N12O8/c1-31-23-36(16-18-64(31)42-8-6-7-38-48(42)54(75)68(52(38)73)43-12-14-47(71)61-51(43)72)63-19-20-65(32(2)28-63)41-11-10-35(24-33(41)9-13-46(57)70)59-49-55(76)62(5)29-40(60-49)37-15-17-58-50(39(37)30-69)67-22-21-66-44(53(67)74)25-34-26-56(3,4)27-45(34)66/h6-11,13,15,17,24-25,29,31-32,36,43,69H,12,14,16,18-23,26-28,30H2,1-5H3,(H2,57,70)(H,59,60)(H,61,71,72)/t31-,32+,36?,43?/m1/s1. The summed E-state index contributed by atoms with van der Waals surface area (Å²) in [6.07, 6.45) is 9.75. The van der Waals surface area contributed by atoms with E-state index in [0.717, 1.165) is 49.4 Å². The molecule has 1 aliphatic carbocycles. The van der Waals surface area contributed by atoms with Crippen molar-refractivity contribution in [3.63, 3.8) is 0 Å². The lowest BCUT2D eigenvalue weighted by Gasteiger charge is -2.48. The number of amides is 6. The molecule has 2 aromatic carbocycles. The van der Waals surface area contributed by atoms with Gasteiger partial charge in [0.15, 0.2) is 5.82 Å². The average molecular weight is 1030 g/mol. The van der Waals surface area contributed by atoms with E-state index in [0.29, 0.717) is 77.0 Å². The van der Waals surface area contributed by atoms with Gasteiger partial charge in [0.1, 0.15) is 17.6 Å². The number of carbonyl (C=O) groups is 6. The minimum absolute atomic E-state index is 0.0240. The Morgan fingerprint density at radius 1 is 0.895 bits per heavy atom. The highest BCUT2D eigenvalue weighted by Crippen LogP contribution is 2.42. The Bertz CT molecular complexity index is 3380. The number of nitrogens with two attached hydrogens (primary N) is 1. The maximum Gasteiger partial charge on any atom is 0.293 e. The second-order valence-electron chi connectivity index (χ2n) is 21.9. The van der Waals surface area contributed by atoms with E-state index >= 15 is 0 Å². The number of imide groups is 2. The van der Waals surface area contributed by atoms with Crippen LogP contribution >= 0.6 is 0 Å². The largest absolute Gasteiger partial charge is 0.392 e. The second kappa shape index (κ2) is 19.3. The number of aryl methyl sites for hydroxylation is 1. The fraction of sp³-hybridized carbons (Fsp3) is 0.411. The smallest absolute Gasteiger partial charge is 0.293 e. The van der Waals surface area contributed by atoms with E-state index in [1.54, 1.807) is 48.6 Å². The van der Waals surface area contributed by atoms with Crippen LogP contribution < -0.4 is 36.6 Å². The van der Waals surface area contributed by atoms with Crippen LogP contribution in [0.5, 0.6) is 0 Å². The van der Waals surface area contributed by atoms with Crippen molar-refractivity contribution in [1.29, 1.82) is 0 Å². The number of carbonyl (C=O) groups excluding carboxylic acids is 6. The van der Waals surface area contributed by atoms with E-state index in [1.807, 2.05) is 30.3 Å². The van der Waals surface area contributed by atoms with Crippen molar-refractivity contribution in [2.24, 2.45) is 18.2 Å². The van der Waals surface area contributed by atoms with Crippen LogP contribution in [0.4, 0.5) is 28.7 Å². The Labute approximate surface area is 439 Å². The third-order valence-electron chi connectivity index (χ3n) is 16.2. The molecule has 3 saturated heterocycles. The first-order valence-corrected chi connectivity index (χ1v) is 26.1. The molecular formula is C56H62N12O8. The van der Waals surface area contributed by atoms with Crippen LogP contribution in [0.1, 0.15) is 107 Å². The first-order valence-electron chi connectivity index (χ1n) is 26.1. The maximum absolute atomic E-state index is 14.1. The van der Waals surface area contributed by atoms with Gasteiger partial charge in [-0.05, 0) is 105 Å². The van der Waals surface area contributed by atoms with Gasteiger partial charge in [-0.15, -0.1) is 0 Å². The summed E-state index contributed by atoms with van der Waals surface area (Å²) < 4.78 is 3.55. The molecule has 20 nitrogen and oxygen atoms in total. The summed E-state index contributed by atoms with van der Waals surface area (Å²) in [6.45, 7) is 12.2. The number of aromatic nitrogens is 4. The Hall–Kier alpha value is -7.97. The van der Waals surface area contributed by atoms with Crippen molar-refractivity contribution in [3.8, 4) is 11.3 Å². The monoisotopic (exact) mass is 1030 g/mol. The zero-order valence-electron chi connectivity index (χ0n) is 43.3. The number of piperidine rings is 2. The first-order chi connectivity index (χ1) is 36.4. The maximum atomic E-state index is 14.1. The van der Waals surface area contributed by atoms with Gasteiger partial charge < -0.3 is 35.1 Å². The molecule has 5 aliphatic heterocycles. The number of aliphatic hydroxyl groups is 1. The molecule has 2 unspecified atom stereocenters. The molecule has 0 spiro atoms. The minimum atomic E-state index is -1.04. The molecule has 0 radical (unpaired) electrons. The number of nitrogens with one attached hydrogen (secondary N) is 2. The fourth-order valence-corrected chi connectivity index (χ4v) is 12.6. The van der Waals surface area contributed by atoms with Crippen LogP contribution in [-0.4, -0.2) is 126 Å². The number of rotatable bonds is 11. The molecule has 3 fully saturated rings. The molecule has 4 atom stereocenters. The molecule has 5 aromatic rings. The van der Waals surface area contributed by atoms with Crippen LogP contribution in [0.3, 0.4) is 0 Å². The van der Waals surface area contributed by atoms with E-state index in [2.05, 4.69) is 62.6 Å². The molecule has 8 heterocycles. The lowest BCUT2D eigenvalue weighted by atomic mass is 9.90. The molecule has 394 valence electrons. The average Bonchev–Trinajstić information content (AvgIpc) is 4.05. The summed E-state index contributed by atoms with van der Waals surface area (Å²) in [5.74, 6) is -2.53. The topological polar surface area (TPSA) is 242 Å². The summed E-state index contributed by atoms with van der Waals surface area (Å²) in [5, 5.41) is 16.4. The Kier molecular flexibility index (Phi) is 12.8. The molecule has 20 heteroatoms. The number of fused-ring (bicyclic) bond motifs is 4. The lowest BCUT2D eigenvalue weighted by molar-refractivity contribution is -0.136. The third-order valence-corrected chi connectivity index (χ3v) is 16.2. The van der Waals surface area contributed by atoms with E-state index in [-0.39, 0.29) is 53.7 Å². The molecule has 76 heavy (non-hydrogen) atoms. The third kappa shape index (κ3) is 8.81. The summed E-state index contributed by atoms with van der Waals surface area (Å²) in [6, 6.07) is 13.9. The van der Waals surface area contributed by atoms with Crippen molar-refractivity contribution in [3.05, 3.63) is 117 Å². The SMILES string of the molecule is C[C@@H]1CC(N2CCN(c3ccc(Nc4nc(-c5ccnc(N6CCn7c(cc8c7CC(C)(C)C8)C6=O)c5CO)cn(C)c4=O)cc3C=CC(N)=O)[C@@H](C)C2)CCN1c1cccc2c1C(=O)N(C1CCC(=O)NC1=O)C2=O. The van der Waals surface area contributed by atoms with Crippen molar-refractivity contribution < 1.29 is 33.9 Å². The van der Waals surface area contributed by atoms with Crippen LogP contribution in [0, 0.1) is 5.41 Å². The highest BCUT2D eigenvalue weighted by Gasteiger charge is 2.47. The molecule has 6 aliphatic rings. The van der Waals surface area contributed by atoms with Gasteiger partial charge in [-0.3, -0.25) is 53.6 Å². The van der Waals surface area contributed by atoms with Crippen LogP contribution in [0.25, 0.3) is 17.3 Å². The van der Waals surface area contributed by atoms with E-state index < -0.39 is 47.7 Å². The normalized spacial score (nSPS) is 22.6. The molecule has 0 saturated carbocycles. The number of primary amides is 1. The number of anilines is 5. The lowest BCUT2D eigenvalue weighted by Crippen LogP contribution is -2.58. The Morgan fingerprint density at radius 3 is 2.45 bits per heavy atom. The zero-order chi connectivity index (χ0) is 53.5. The van der Waals surface area contributed by atoms with Gasteiger partial charge in [0.2, 0.25) is 17.7 Å². The number of pyridine rings is 1. The number of benzene rings is 2. The number of hydrogen-bond donors (Lipinski definition) is 4.